The number of aromatic nitrogens is 5. The number of thiazole rings is 1. The lowest BCUT2D eigenvalue weighted by Gasteiger charge is -2.47. The van der Waals surface area contributed by atoms with Crippen LogP contribution in [0.4, 0.5) is 5.00 Å². The third-order valence-corrected chi connectivity index (χ3v) is 8.29. The van der Waals surface area contributed by atoms with Crippen molar-refractivity contribution in [3.63, 3.8) is 0 Å². The van der Waals surface area contributed by atoms with Crippen LogP contribution in [0.5, 0.6) is 0 Å². The fourth-order valence-corrected chi connectivity index (χ4v) is 6.67. The van der Waals surface area contributed by atoms with E-state index in [2.05, 4.69) is 15.0 Å². The zero-order chi connectivity index (χ0) is 19.0. The molecule has 0 aliphatic heterocycles. The summed E-state index contributed by atoms with van der Waals surface area (Å²) in [6.45, 7) is 0. The second-order valence-electron chi connectivity index (χ2n) is 6.07. The van der Waals surface area contributed by atoms with Crippen molar-refractivity contribution >= 4 is 51.3 Å². The minimum atomic E-state index is -0.960. The van der Waals surface area contributed by atoms with Gasteiger partial charge in [-0.05, 0) is 24.2 Å². The molecule has 0 N–H and O–H groups in total. The second kappa shape index (κ2) is 7.42. The average Bonchev–Trinajstić information content (AvgIpc) is 3.40. The lowest BCUT2D eigenvalue weighted by atomic mass is 9.88. The second-order valence-corrected chi connectivity index (χ2v) is 9.70. The van der Waals surface area contributed by atoms with Crippen molar-refractivity contribution in [2.45, 2.75) is 38.8 Å². The fraction of sp³-hybridized carbons (Fsp3) is 0.400. The Morgan fingerprint density at radius 2 is 2.07 bits per heavy atom. The maximum absolute atomic E-state index is 11.0. The van der Waals surface area contributed by atoms with E-state index in [1.807, 2.05) is 15.3 Å². The molecule has 142 valence electrons. The van der Waals surface area contributed by atoms with E-state index in [-0.39, 0.29) is 21.7 Å². The van der Waals surface area contributed by atoms with Gasteiger partial charge in [-0.15, -0.1) is 11.6 Å². The molecule has 4 unspecified atom stereocenters. The Labute approximate surface area is 172 Å². The summed E-state index contributed by atoms with van der Waals surface area (Å²) < 4.78 is 4.41. The smallest absolute Gasteiger partial charge is 0.330 e. The molecule has 12 heteroatoms. The molecule has 0 spiro atoms. The van der Waals surface area contributed by atoms with E-state index in [0.29, 0.717) is 10.8 Å². The van der Waals surface area contributed by atoms with Crippen LogP contribution >= 0.6 is 46.3 Å². The van der Waals surface area contributed by atoms with Crippen molar-refractivity contribution in [2.75, 3.05) is 0 Å². The normalized spacial score (nSPS) is 28.3. The number of halogens is 2. The largest absolute Gasteiger partial charge is 0.344 e. The molecule has 27 heavy (non-hydrogen) atoms. The van der Waals surface area contributed by atoms with E-state index >= 15 is 0 Å². The molecule has 4 atom stereocenters. The van der Waals surface area contributed by atoms with E-state index < -0.39 is 9.92 Å². The van der Waals surface area contributed by atoms with Crippen LogP contribution < -0.4 is 0 Å². The zero-order valence-electron chi connectivity index (χ0n) is 13.8. The first-order chi connectivity index (χ1) is 13.0. The van der Waals surface area contributed by atoms with Gasteiger partial charge in [0.25, 0.3) is 0 Å². The highest BCUT2D eigenvalue weighted by molar-refractivity contribution is 8.01. The molecular formula is C15H14Cl2N6O2S2. The maximum atomic E-state index is 11.0. The molecule has 1 fully saturated rings. The van der Waals surface area contributed by atoms with Crippen molar-refractivity contribution < 1.29 is 4.92 Å². The summed E-state index contributed by atoms with van der Waals surface area (Å²) >= 11 is 16.4. The summed E-state index contributed by atoms with van der Waals surface area (Å²) in [7, 11) is 0. The highest BCUT2D eigenvalue weighted by Gasteiger charge is 2.53. The lowest BCUT2D eigenvalue weighted by molar-refractivity contribution is -0.380. The molecule has 1 aliphatic rings. The molecule has 1 aliphatic carbocycles. The van der Waals surface area contributed by atoms with Crippen LogP contribution in [-0.4, -0.2) is 39.6 Å². The highest BCUT2D eigenvalue weighted by atomic mass is 35.5. The Morgan fingerprint density at radius 1 is 1.30 bits per heavy atom. The quantitative estimate of drug-likeness (QED) is 0.333. The van der Waals surface area contributed by atoms with Crippen molar-refractivity contribution in [1.29, 1.82) is 0 Å². The molecule has 4 rings (SSSR count). The van der Waals surface area contributed by atoms with Crippen LogP contribution in [0.3, 0.4) is 0 Å². The third-order valence-electron chi connectivity index (χ3n) is 4.56. The van der Waals surface area contributed by atoms with E-state index in [0.717, 1.165) is 17.8 Å². The molecule has 8 nitrogen and oxygen atoms in total. The van der Waals surface area contributed by atoms with Gasteiger partial charge in [-0.1, -0.05) is 23.4 Å². The minimum Gasteiger partial charge on any atom is -0.330 e. The summed E-state index contributed by atoms with van der Waals surface area (Å²) in [5.74, 6) is 0. The lowest BCUT2D eigenvalue weighted by Crippen LogP contribution is -2.51. The summed E-state index contributed by atoms with van der Waals surface area (Å²) in [5.41, 5.74) is 0. The molecule has 3 aromatic heterocycles. The Kier molecular flexibility index (Phi) is 5.15. The molecule has 1 saturated carbocycles. The predicted molar refractivity (Wildman–Crippen MR) is 105 cm³/mol. The zero-order valence-corrected chi connectivity index (χ0v) is 16.9. The number of nitro groups is 1. The van der Waals surface area contributed by atoms with Gasteiger partial charge in [0.05, 0.1) is 29.0 Å². The van der Waals surface area contributed by atoms with E-state index in [1.54, 1.807) is 31.2 Å². The monoisotopic (exact) mass is 444 g/mol. The van der Waals surface area contributed by atoms with Crippen molar-refractivity contribution in [3.8, 4) is 0 Å². The Hall–Kier alpha value is -1.62. The number of rotatable bonds is 5. The van der Waals surface area contributed by atoms with Gasteiger partial charge in [0.15, 0.2) is 9.34 Å². The number of hydrogen-bond donors (Lipinski definition) is 0. The first-order valence-corrected chi connectivity index (χ1v) is 10.6. The van der Waals surface area contributed by atoms with Crippen molar-refractivity contribution in [2.24, 2.45) is 0 Å². The van der Waals surface area contributed by atoms with Crippen molar-refractivity contribution in [3.05, 3.63) is 53.8 Å². The number of nitrogens with zero attached hydrogens (tertiary/aromatic N) is 6. The van der Waals surface area contributed by atoms with E-state index in [4.69, 9.17) is 23.2 Å². The SMILES string of the molecule is O=[N+]([O-])c1cnc(SC2CCC(Cl)C(Cl)(n3ccnc3)C2n2ccnc2)s1. The van der Waals surface area contributed by atoms with E-state index in [1.165, 1.54) is 18.0 Å². The van der Waals surface area contributed by atoms with E-state index in [9.17, 15) is 10.1 Å². The molecule has 3 heterocycles. The van der Waals surface area contributed by atoms with Gasteiger partial charge in [-0.2, -0.15) is 0 Å². The summed E-state index contributed by atoms with van der Waals surface area (Å²) in [6.07, 6.45) is 13.2. The van der Waals surface area contributed by atoms with Gasteiger partial charge in [0.2, 0.25) is 0 Å². The fourth-order valence-electron chi connectivity index (χ4n) is 3.37. The summed E-state index contributed by atoms with van der Waals surface area (Å²) in [5, 5.41) is 10.7. The Bertz CT molecular complexity index is 919. The molecule has 0 saturated heterocycles. The van der Waals surface area contributed by atoms with Crippen LogP contribution in [-0.2, 0) is 5.00 Å². The molecular weight excluding hydrogens is 431 g/mol. The summed E-state index contributed by atoms with van der Waals surface area (Å²) in [6, 6.07) is -0.250. The van der Waals surface area contributed by atoms with Crippen molar-refractivity contribution in [1.82, 2.24) is 24.1 Å². The van der Waals surface area contributed by atoms with Gasteiger partial charge >= 0.3 is 5.00 Å². The summed E-state index contributed by atoms with van der Waals surface area (Å²) in [4.78, 5) is 22.1. The van der Waals surface area contributed by atoms with Crippen LogP contribution in [0.15, 0.2) is 48.0 Å². The first-order valence-electron chi connectivity index (χ1n) is 8.06. The predicted octanol–water partition coefficient (Wildman–Crippen LogP) is 4.14. The first kappa shape index (κ1) is 18.7. The molecule has 0 radical (unpaired) electrons. The molecule has 0 aromatic carbocycles. The van der Waals surface area contributed by atoms with Gasteiger partial charge < -0.3 is 9.13 Å². The average molecular weight is 445 g/mol. The van der Waals surface area contributed by atoms with Crippen LogP contribution in [0, 0.1) is 10.1 Å². The minimum absolute atomic E-state index is 0.000135. The Morgan fingerprint density at radius 3 is 2.70 bits per heavy atom. The number of alkyl halides is 2. The highest BCUT2D eigenvalue weighted by Crippen LogP contribution is 2.53. The van der Waals surface area contributed by atoms with Crippen LogP contribution in [0.2, 0.25) is 0 Å². The maximum Gasteiger partial charge on any atom is 0.344 e. The Balaban J connectivity index is 1.73. The standard InChI is InChI=1S/C15H14Cl2N6O2S2/c16-11-2-1-10(26-14-20-7-12(27-14)23(24)25)13(21-5-3-18-8-21)15(11,17)22-6-4-19-9-22/h3-11,13H,1-2H2. The molecule has 3 aromatic rings. The van der Waals surface area contributed by atoms with Crippen LogP contribution in [0.25, 0.3) is 0 Å². The number of imidazole rings is 2. The topological polar surface area (TPSA) is 91.7 Å². The third kappa shape index (κ3) is 3.35. The van der Waals surface area contributed by atoms with Gasteiger partial charge in [0.1, 0.15) is 6.20 Å². The number of thioether (sulfide) groups is 1. The molecule has 0 bridgehead atoms. The number of hydrogen-bond acceptors (Lipinski definition) is 7. The molecule has 0 amide bonds. The van der Waals surface area contributed by atoms with Gasteiger partial charge in [-0.25, -0.2) is 15.0 Å². The van der Waals surface area contributed by atoms with Crippen LogP contribution in [0.1, 0.15) is 18.9 Å². The van der Waals surface area contributed by atoms with Gasteiger partial charge in [-0.3, -0.25) is 10.1 Å². The van der Waals surface area contributed by atoms with Gasteiger partial charge in [0, 0.05) is 30.0 Å².